The molecule has 72 valence electrons. The van der Waals surface area contributed by atoms with E-state index in [9.17, 15) is 0 Å². The zero-order valence-corrected chi connectivity index (χ0v) is 9.16. The second kappa shape index (κ2) is 4.37. The van der Waals surface area contributed by atoms with Gasteiger partial charge in [0, 0.05) is 10.9 Å². The van der Waals surface area contributed by atoms with Gasteiger partial charge in [0.25, 0.3) is 0 Å². The van der Waals surface area contributed by atoms with Gasteiger partial charge in [-0.05, 0) is 24.1 Å². The van der Waals surface area contributed by atoms with Crippen molar-refractivity contribution in [2.45, 2.75) is 12.8 Å². The van der Waals surface area contributed by atoms with Crippen molar-refractivity contribution in [3.8, 4) is 0 Å². The summed E-state index contributed by atoms with van der Waals surface area (Å²) in [4.78, 5) is 4.07. The van der Waals surface area contributed by atoms with E-state index in [0.29, 0.717) is 0 Å². The Morgan fingerprint density at radius 2 is 1.93 bits per heavy atom. The number of nitrogens with one attached hydrogen (secondary N) is 1. The summed E-state index contributed by atoms with van der Waals surface area (Å²) in [5, 5.41) is 6.65. The molecule has 3 nitrogen and oxygen atoms in total. The minimum atomic E-state index is 0.904. The number of H-pyrrole nitrogens is 1. The van der Waals surface area contributed by atoms with Crippen LogP contribution in [-0.4, -0.2) is 15.2 Å². The Bertz CT molecular complexity index is 380. The van der Waals surface area contributed by atoms with Gasteiger partial charge in [-0.2, -0.15) is 5.10 Å². The summed E-state index contributed by atoms with van der Waals surface area (Å²) in [6.45, 7) is 0. The molecule has 0 radical (unpaired) electrons. The van der Waals surface area contributed by atoms with Crippen molar-refractivity contribution >= 4 is 15.9 Å². The predicted molar refractivity (Wildman–Crippen MR) is 57.9 cm³/mol. The van der Waals surface area contributed by atoms with Crippen LogP contribution in [0.5, 0.6) is 0 Å². The number of aryl methyl sites for hydroxylation is 2. The predicted octanol–water partition coefficient (Wildman–Crippen LogP) is 2.35. The van der Waals surface area contributed by atoms with E-state index in [4.69, 9.17) is 0 Å². The molecule has 0 aliphatic heterocycles. The maximum Gasteiger partial charge on any atom is 0.137 e. The molecular weight excluding hydrogens is 242 g/mol. The Morgan fingerprint density at radius 1 is 1.14 bits per heavy atom. The van der Waals surface area contributed by atoms with Gasteiger partial charge < -0.3 is 0 Å². The van der Waals surface area contributed by atoms with Gasteiger partial charge in [-0.25, -0.2) is 4.98 Å². The van der Waals surface area contributed by atoms with Crippen LogP contribution in [0.2, 0.25) is 0 Å². The van der Waals surface area contributed by atoms with E-state index in [1.807, 2.05) is 0 Å². The van der Waals surface area contributed by atoms with E-state index in [2.05, 4.69) is 55.4 Å². The molecule has 0 bridgehead atoms. The van der Waals surface area contributed by atoms with E-state index in [1.165, 1.54) is 11.9 Å². The molecule has 14 heavy (non-hydrogen) atoms. The summed E-state index contributed by atoms with van der Waals surface area (Å²) >= 11 is 3.41. The Labute approximate surface area is 90.7 Å². The highest BCUT2D eigenvalue weighted by Crippen LogP contribution is 2.11. The number of benzene rings is 1. The molecule has 1 heterocycles. The van der Waals surface area contributed by atoms with Crippen LogP contribution in [0.1, 0.15) is 11.4 Å². The zero-order chi connectivity index (χ0) is 9.80. The largest absolute Gasteiger partial charge is 0.263 e. The maximum absolute atomic E-state index is 4.07. The summed E-state index contributed by atoms with van der Waals surface area (Å²) in [5.41, 5.74) is 1.31. The van der Waals surface area contributed by atoms with Crippen molar-refractivity contribution in [1.29, 1.82) is 0 Å². The monoisotopic (exact) mass is 251 g/mol. The molecule has 0 amide bonds. The average molecular weight is 252 g/mol. The molecule has 0 fully saturated rings. The fraction of sp³-hybridized carbons (Fsp3) is 0.200. The van der Waals surface area contributed by atoms with E-state index < -0.39 is 0 Å². The normalized spacial score (nSPS) is 10.4. The minimum Gasteiger partial charge on any atom is -0.263 e. The second-order valence-electron chi connectivity index (χ2n) is 3.06. The minimum absolute atomic E-state index is 0.904. The quantitative estimate of drug-likeness (QED) is 0.910. The number of halogens is 1. The van der Waals surface area contributed by atoms with Gasteiger partial charge in [0.2, 0.25) is 0 Å². The number of hydrogen-bond acceptors (Lipinski definition) is 2. The first-order valence-electron chi connectivity index (χ1n) is 4.43. The van der Waals surface area contributed by atoms with E-state index in [-0.39, 0.29) is 0 Å². The number of nitrogens with zero attached hydrogens (tertiary/aromatic N) is 2. The molecule has 4 heteroatoms. The molecule has 0 saturated heterocycles. The summed E-state index contributed by atoms with van der Waals surface area (Å²) in [6.07, 6.45) is 3.43. The standard InChI is InChI=1S/C10H10BrN3/c11-9-4-1-8(2-5-9)3-6-10-12-7-13-14-10/h1-2,4-5,7H,3,6H2,(H,12,13,14). The molecular formula is C10H10BrN3. The molecule has 1 N–H and O–H groups in total. The van der Waals surface area contributed by atoms with Crippen molar-refractivity contribution in [2.24, 2.45) is 0 Å². The highest BCUT2D eigenvalue weighted by molar-refractivity contribution is 9.10. The van der Waals surface area contributed by atoms with Crippen molar-refractivity contribution in [1.82, 2.24) is 15.2 Å². The van der Waals surface area contributed by atoms with E-state index >= 15 is 0 Å². The van der Waals surface area contributed by atoms with Crippen LogP contribution in [0.3, 0.4) is 0 Å². The van der Waals surface area contributed by atoms with Crippen LogP contribution in [0.15, 0.2) is 35.1 Å². The van der Waals surface area contributed by atoms with Crippen LogP contribution < -0.4 is 0 Å². The van der Waals surface area contributed by atoms with Crippen molar-refractivity contribution in [3.63, 3.8) is 0 Å². The van der Waals surface area contributed by atoms with Crippen LogP contribution in [-0.2, 0) is 12.8 Å². The van der Waals surface area contributed by atoms with Gasteiger partial charge in [0.05, 0.1) is 0 Å². The van der Waals surface area contributed by atoms with Gasteiger partial charge in [0.15, 0.2) is 0 Å². The van der Waals surface area contributed by atoms with E-state index in [1.54, 1.807) is 0 Å². The smallest absolute Gasteiger partial charge is 0.137 e. The molecule has 2 aromatic rings. The van der Waals surface area contributed by atoms with Gasteiger partial charge in [-0.15, -0.1) is 0 Å². The maximum atomic E-state index is 4.07. The SMILES string of the molecule is Brc1ccc(CCc2ncn[nH]2)cc1. The van der Waals surface area contributed by atoms with Crippen LogP contribution in [0, 0.1) is 0 Å². The Hall–Kier alpha value is -1.16. The van der Waals surface area contributed by atoms with Crippen LogP contribution >= 0.6 is 15.9 Å². The van der Waals surface area contributed by atoms with Crippen molar-refractivity contribution in [2.75, 3.05) is 0 Å². The van der Waals surface area contributed by atoms with E-state index in [0.717, 1.165) is 23.1 Å². The molecule has 0 saturated carbocycles. The third kappa shape index (κ3) is 2.42. The first kappa shape index (κ1) is 9.40. The average Bonchev–Trinajstić information content (AvgIpc) is 2.70. The van der Waals surface area contributed by atoms with Crippen LogP contribution in [0.4, 0.5) is 0 Å². The molecule has 0 aliphatic carbocycles. The Balaban J connectivity index is 1.95. The zero-order valence-electron chi connectivity index (χ0n) is 7.57. The summed E-state index contributed by atoms with van der Waals surface area (Å²) in [5.74, 6) is 0.938. The summed E-state index contributed by atoms with van der Waals surface area (Å²) < 4.78 is 1.11. The topological polar surface area (TPSA) is 41.6 Å². The molecule has 0 aliphatic rings. The molecule has 1 aromatic carbocycles. The fourth-order valence-electron chi connectivity index (χ4n) is 1.27. The first-order valence-corrected chi connectivity index (χ1v) is 5.22. The molecule has 0 spiro atoms. The molecule has 2 rings (SSSR count). The molecule has 0 unspecified atom stereocenters. The van der Waals surface area contributed by atoms with Crippen LogP contribution in [0.25, 0.3) is 0 Å². The summed E-state index contributed by atoms with van der Waals surface area (Å²) in [6, 6.07) is 8.33. The first-order chi connectivity index (χ1) is 6.84. The van der Waals surface area contributed by atoms with Crippen molar-refractivity contribution in [3.05, 3.63) is 46.5 Å². The van der Waals surface area contributed by atoms with Crippen molar-refractivity contribution < 1.29 is 0 Å². The lowest BCUT2D eigenvalue weighted by Crippen LogP contribution is -1.93. The second-order valence-corrected chi connectivity index (χ2v) is 3.97. The third-order valence-corrected chi connectivity index (χ3v) is 2.56. The van der Waals surface area contributed by atoms with Gasteiger partial charge in [-0.3, -0.25) is 5.10 Å². The number of aromatic nitrogens is 3. The number of hydrogen-bond donors (Lipinski definition) is 1. The molecule has 1 aromatic heterocycles. The summed E-state index contributed by atoms with van der Waals surface area (Å²) in [7, 11) is 0. The van der Waals surface area contributed by atoms with Gasteiger partial charge in [-0.1, -0.05) is 28.1 Å². The lowest BCUT2D eigenvalue weighted by atomic mass is 10.1. The fourth-order valence-corrected chi connectivity index (χ4v) is 1.53. The Kier molecular flexibility index (Phi) is 2.93. The third-order valence-electron chi connectivity index (χ3n) is 2.03. The molecule has 0 atom stereocenters. The van der Waals surface area contributed by atoms with Gasteiger partial charge >= 0.3 is 0 Å². The lowest BCUT2D eigenvalue weighted by molar-refractivity contribution is 0.865. The number of rotatable bonds is 3. The number of aromatic amines is 1. The Morgan fingerprint density at radius 3 is 2.57 bits per heavy atom. The lowest BCUT2D eigenvalue weighted by Gasteiger charge is -1.98. The van der Waals surface area contributed by atoms with Gasteiger partial charge in [0.1, 0.15) is 12.2 Å². The highest BCUT2D eigenvalue weighted by atomic mass is 79.9. The highest BCUT2D eigenvalue weighted by Gasteiger charge is 1.97.